The first kappa shape index (κ1) is 14.4. The Balaban J connectivity index is 2.09. The van der Waals surface area contributed by atoms with Gasteiger partial charge in [-0.3, -0.25) is 4.79 Å². The first-order valence-electron chi connectivity index (χ1n) is 6.80. The third-order valence-corrected chi connectivity index (χ3v) is 4.38. The summed E-state index contributed by atoms with van der Waals surface area (Å²) in [5.41, 5.74) is 1.42. The van der Waals surface area contributed by atoms with E-state index in [0.29, 0.717) is 10.6 Å². The number of rotatable bonds is 3. The highest BCUT2D eigenvalue weighted by atomic mass is 35.5. The van der Waals surface area contributed by atoms with Crippen molar-refractivity contribution in [3.05, 3.63) is 34.3 Å². The van der Waals surface area contributed by atoms with E-state index in [4.69, 9.17) is 11.6 Å². The fraction of sp³-hybridized carbons (Fsp3) is 0.533. The van der Waals surface area contributed by atoms with Crippen molar-refractivity contribution >= 4 is 17.5 Å². The van der Waals surface area contributed by atoms with Gasteiger partial charge < -0.3 is 10.4 Å². The molecule has 0 heterocycles. The molecular formula is C15H20ClNO2. The zero-order valence-electron chi connectivity index (χ0n) is 11.2. The minimum atomic E-state index is -0.0923. The number of hydrogen-bond donors (Lipinski definition) is 2. The van der Waals surface area contributed by atoms with Crippen molar-refractivity contribution in [2.75, 3.05) is 6.61 Å². The number of aliphatic hydroxyl groups is 1. The van der Waals surface area contributed by atoms with Gasteiger partial charge in [0.1, 0.15) is 0 Å². The van der Waals surface area contributed by atoms with Crippen molar-refractivity contribution in [2.24, 2.45) is 5.92 Å². The molecule has 2 atom stereocenters. The predicted molar refractivity (Wildman–Crippen MR) is 76.5 cm³/mol. The molecule has 1 amide bonds. The van der Waals surface area contributed by atoms with Gasteiger partial charge in [-0.2, -0.15) is 0 Å². The summed E-state index contributed by atoms with van der Waals surface area (Å²) in [5, 5.41) is 13.0. The van der Waals surface area contributed by atoms with Crippen molar-refractivity contribution in [3.8, 4) is 0 Å². The molecule has 1 aromatic carbocycles. The van der Waals surface area contributed by atoms with Crippen LogP contribution in [0.25, 0.3) is 0 Å². The van der Waals surface area contributed by atoms with Crippen molar-refractivity contribution < 1.29 is 9.90 Å². The van der Waals surface area contributed by atoms with E-state index >= 15 is 0 Å². The molecule has 0 bridgehead atoms. The zero-order valence-corrected chi connectivity index (χ0v) is 11.9. The molecule has 19 heavy (non-hydrogen) atoms. The summed E-state index contributed by atoms with van der Waals surface area (Å²) in [6.07, 6.45) is 4.16. The fourth-order valence-electron chi connectivity index (χ4n) is 2.72. The van der Waals surface area contributed by atoms with Crippen molar-refractivity contribution in [3.63, 3.8) is 0 Å². The minimum absolute atomic E-state index is 0.0737. The van der Waals surface area contributed by atoms with E-state index in [9.17, 15) is 9.90 Å². The summed E-state index contributed by atoms with van der Waals surface area (Å²) in [6.45, 7) is 1.99. The van der Waals surface area contributed by atoms with Crippen LogP contribution in [0.2, 0.25) is 5.02 Å². The minimum Gasteiger partial charge on any atom is -0.396 e. The Morgan fingerprint density at radius 1 is 1.42 bits per heavy atom. The summed E-state index contributed by atoms with van der Waals surface area (Å²) in [5.74, 6) is 0.0857. The number of hydrogen-bond acceptors (Lipinski definition) is 2. The van der Waals surface area contributed by atoms with E-state index in [2.05, 4.69) is 5.32 Å². The van der Waals surface area contributed by atoms with Gasteiger partial charge in [0.2, 0.25) is 0 Å². The molecule has 1 saturated carbocycles. The van der Waals surface area contributed by atoms with Crippen LogP contribution in [0.15, 0.2) is 18.2 Å². The smallest absolute Gasteiger partial charge is 0.251 e. The molecule has 0 saturated heterocycles. The molecule has 1 aliphatic rings. The number of carbonyl (C=O) groups excluding carboxylic acids is 1. The standard InChI is InChI=1S/C15H20ClNO2/c1-10-12(6-4-7-13(10)16)15(19)17-14-8-3-2-5-11(14)9-18/h4,6-7,11,14,18H,2-3,5,8-9H2,1H3,(H,17,19). The van der Waals surface area contributed by atoms with Gasteiger partial charge in [-0.15, -0.1) is 0 Å². The van der Waals surface area contributed by atoms with E-state index in [1.807, 2.05) is 6.92 Å². The quantitative estimate of drug-likeness (QED) is 0.895. The van der Waals surface area contributed by atoms with E-state index in [1.165, 1.54) is 0 Å². The van der Waals surface area contributed by atoms with Crippen molar-refractivity contribution in [1.29, 1.82) is 0 Å². The molecule has 1 aliphatic carbocycles. The molecular weight excluding hydrogens is 262 g/mol. The van der Waals surface area contributed by atoms with Gasteiger partial charge in [0.05, 0.1) is 0 Å². The zero-order chi connectivity index (χ0) is 13.8. The number of amides is 1. The van der Waals surface area contributed by atoms with E-state index < -0.39 is 0 Å². The molecule has 0 aliphatic heterocycles. The summed E-state index contributed by atoms with van der Waals surface area (Å²) in [6, 6.07) is 5.43. The van der Waals surface area contributed by atoms with Gasteiger partial charge in [0.15, 0.2) is 0 Å². The number of carbonyl (C=O) groups is 1. The molecule has 2 unspecified atom stereocenters. The monoisotopic (exact) mass is 281 g/mol. The maximum atomic E-state index is 12.3. The van der Waals surface area contributed by atoms with E-state index in [1.54, 1.807) is 18.2 Å². The summed E-state index contributed by atoms with van der Waals surface area (Å²) >= 11 is 6.04. The fourth-order valence-corrected chi connectivity index (χ4v) is 2.89. The van der Waals surface area contributed by atoms with Gasteiger partial charge in [-0.05, 0) is 37.5 Å². The lowest BCUT2D eigenvalue weighted by atomic mass is 9.85. The lowest BCUT2D eigenvalue weighted by Crippen LogP contribution is -2.43. The second-order valence-electron chi connectivity index (χ2n) is 5.22. The summed E-state index contributed by atoms with van der Waals surface area (Å²) in [4.78, 5) is 12.3. The summed E-state index contributed by atoms with van der Waals surface area (Å²) < 4.78 is 0. The Labute approximate surface area is 119 Å². The van der Waals surface area contributed by atoms with Crippen LogP contribution >= 0.6 is 11.6 Å². The number of halogens is 1. The molecule has 1 fully saturated rings. The van der Waals surface area contributed by atoms with Crippen LogP contribution in [0.3, 0.4) is 0 Å². The van der Waals surface area contributed by atoms with Crippen LogP contribution in [0.1, 0.15) is 41.6 Å². The molecule has 1 aromatic rings. The Kier molecular flexibility index (Phi) is 4.83. The SMILES string of the molecule is Cc1c(Cl)cccc1C(=O)NC1CCCCC1CO. The van der Waals surface area contributed by atoms with Crippen LogP contribution in [-0.4, -0.2) is 23.7 Å². The van der Waals surface area contributed by atoms with Gasteiger partial charge in [-0.1, -0.05) is 30.5 Å². The van der Waals surface area contributed by atoms with Gasteiger partial charge in [-0.25, -0.2) is 0 Å². The topological polar surface area (TPSA) is 49.3 Å². The predicted octanol–water partition coefficient (Wildman–Crippen LogP) is 2.93. The molecule has 104 valence electrons. The number of benzene rings is 1. The third-order valence-electron chi connectivity index (χ3n) is 3.97. The van der Waals surface area contributed by atoms with Crippen molar-refractivity contribution in [2.45, 2.75) is 38.6 Å². The van der Waals surface area contributed by atoms with Crippen LogP contribution in [-0.2, 0) is 0 Å². The Morgan fingerprint density at radius 3 is 2.89 bits per heavy atom. The Morgan fingerprint density at radius 2 is 2.16 bits per heavy atom. The first-order chi connectivity index (χ1) is 9.13. The second kappa shape index (κ2) is 6.40. The van der Waals surface area contributed by atoms with Crippen LogP contribution in [0.4, 0.5) is 0 Å². The highest BCUT2D eigenvalue weighted by Crippen LogP contribution is 2.25. The van der Waals surface area contributed by atoms with Gasteiger partial charge in [0.25, 0.3) is 5.91 Å². The molecule has 2 N–H and O–H groups in total. The van der Waals surface area contributed by atoms with Crippen LogP contribution in [0, 0.1) is 12.8 Å². The molecule has 0 radical (unpaired) electrons. The second-order valence-corrected chi connectivity index (χ2v) is 5.63. The van der Waals surface area contributed by atoms with E-state index in [0.717, 1.165) is 31.2 Å². The van der Waals surface area contributed by atoms with Crippen LogP contribution in [0.5, 0.6) is 0 Å². The molecule has 2 rings (SSSR count). The maximum Gasteiger partial charge on any atom is 0.251 e. The molecule has 0 aromatic heterocycles. The first-order valence-corrected chi connectivity index (χ1v) is 7.18. The largest absolute Gasteiger partial charge is 0.396 e. The highest BCUT2D eigenvalue weighted by molar-refractivity contribution is 6.31. The highest BCUT2D eigenvalue weighted by Gasteiger charge is 2.26. The number of aliphatic hydroxyl groups excluding tert-OH is 1. The third kappa shape index (κ3) is 3.28. The lowest BCUT2D eigenvalue weighted by molar-refractivity contribution is 0.0872. The normalized spacial score (nSPS) is 23.1. The Hall–Kier alpha value is -1.06. The average Bonchev–Trinajstić information content (AvgIpc) is 2.42. The van der Waals surface area contributed by atoms with E-state index in [-0.39, 0.29) is 24.5 Å². The molecule has 4 heteroatoms. The van der Waals surface area contributed by atoms with Gasteiger partial charge >= 0.3 is 0 Å². The van der Waals surface area contributed by atoms with Gasteiger partial charge in [0, 0.05) is 29.2 Å². The maximum absolute atomic E-state index is 12.3. The Bertz CT molecular complexity index is 461. The molecule has 0 spiro atoms. The average molecular weight is 282 g/mol. The lowest BCUT2D eigenvalue weighted by Gasteiger charge is -2.31. The summed E-state index contributed by atoms with van der Waals surface area (Å²) in [7, 11) is 0. The molecule has 3 nitrogen and oxygen atoms in total. The number of nitrogens with one attached hydrogen (secondary N) is 1. The van der Waals surface area contributed by atoms with Crippen molar-refractivity contribution in [1.82, 2.24) is 5.32 Å². The van der Waals surface area contributed by atoms with Crippen LogP contribution < -0.4 is 5.32 Å².